The van der Waals surface area contributed by atoms with Gasteiger partial charge in [0.1, 0.15) is 11.7 Å². The van der Waals surface area contributed by atoms with Crippen LogP contribution in [0.5, 0.6) is 0 Å². The number of carbonyl (C=O) groups is 1. The molecule has 110 valence electrons. The molecular formula is C15H16ClN3O2. The zero-order chi connectivity index (χ0) is 14.8. The number of ether oxygens (including phenoxy) is 1. The maximum Gasteiger partial charge on any atom is 0.321 e. The van der Waals surface area contributed by atoms with Crippen molar-refractivity contribution in [3.8, 4) is 0 Å². The largest absolute Gasteiger partial charge is 0.465 e. The Balaban J connectivity index is 2.08. The van der Waals surface area contributed by atoms with Gasteiger partial charge in [0, 0.05) is 18.0 Å². The molecule has 21 heavy (non-hydrogen) atoms. The summed E-state index contributed by atoms with van der Waals surface area (Å²) in [6, 6.07) is 7.29. The average molecular weight is 306 g/mol. The Labute approximate surface area is 127 Å². The molecule has 2 heterocycles. The van der Waals surface area contributed by atoms with Crippen LogP contribution < -0.4 is 0 Å². The van der Waals surface area contributed by atoms with E-state index in [0.29, 0.717) is 23.0 Å². The lowest BCUT2D eigenvalue weighted by Gasteiger charge is -2.17. The molecular weight excluding hydrogens is 290 g/mol. The number of aromatic nitrogens is 3. The first kappa shape index (κ1) is 14.1. The minimum atomic E-state index is -0.627. The number of halogens is 1. The number of fused-ring (bicyclic) bond motifs is 1. The lowest BCUT2D eigenvalue weighted by Crippen LogP contribution is -2.21. The SMILES string of the molecule is CCOC(=O)C(c1ccccc1Cl)c1nnc2n1CCC2. The maximum atomic E-state index is 12.4. The Hall–Kier alpha value is -1.88. The number of nitrogens with zero attached hydrogens (tertiary/aromatic N) is 3. The van der Waals surface area contributed by atoms with Gasteiger partial charge in [0.15, 0.2) is 5.82 Å². The van der Waals surface area contributed by atoms with Crippen LogP contribution >= 0.6 is 11.6 Å². The fourth-order valence-corrected chi connectivity index (χ4v) is 2.94. The second kappa shape index (κ2) is 5.85. The van der Waals surface area contributed by atoms with Gasteiger partial charge in [-0.2, -0.15) is 0 Å². The minimum absolute atomic E-state index is 0.320. The summed E-state index contributed by atoms with van der Waals surface area (Å²) in [6.07, 6.45) is 1.92. The van der Waals surface area contributed by atoms with Crippen LogP contribution in [0.4, 0.5) is 0 Å². The van der Waals surface area contributed by atoms with E-state index in [1.165, 1.54) is 0 Å². The molecule has 1 aliphatic heterocycles. The smallest absolute Gasteiger partial charge is 0.321 e. The fraction of sp³-hybridized carbons (Fsp3) is 0.400. The maximum absolute atomic E-state index is 12.4. The summed E-state index contributed by atoms with van der Waals surface area (Å²) in [6.45, 7) is 2.94. The molecule has 1 aromatic carbocycles. The monoisotopic (exact) mass is 305 g/mol. The van der Waals surface area contributed by atoms with Crippen molar-refractivity contribution in [2.24, 2.45) is 0 Å². The third-order valence-corrected chi connectivity index (χ3v) is 3.98. The third-order valence-electron chi connectivity index (χ3n) is 3.63. The molecule has 0 amide bonds. The van der Waals surface area contributed by atoms with Gasteiger partial charge in [0.05, 0.1) is 6.61 Å². The molecule has 1 unspecified atom stereocenters. The van der Waals surface area contributed by atoms with Crippen molar-refractivity contribution in [2.45, 2.75) is 32.2 Å². The van der Waals surface area contributed by atoms with Crippen LogP contribution in [0.3, 0.4) is 0 Å². The van der Waals surface area contributed by atoms with Crippen molar-refractivity contribution in [1.29, 1.82) is 0 Å². The number of carbonyl (C=O) groups excluding carboxylic acids is 1. The van der Waals surface area contributed by atoms with Crippen molar-refractivity contribution in [1.82, 2.24) is 14.8 Å². The zero-order valence-corrected chi connectivity index (χ0v) is 12.5. The Morgan fingerprint density at radius 3 is 3.00 bits per heavy atom. The highest BCUT2D eigenvalue weighted by Gasteiger charge is 2.33. The van der Waals surface area contributed by atoms with Crippen molar-refractivity contribution in [2.75, 3.05) is 6.61 Å². The lowest BCUT2D eigenvalue weighted by atomic mass is 9.98. The highest BCUT2D eigenvalue weighted by molar-refractivity contribution is 6.31. The third kappa shape index (κ3) is 2.53. The van der Waals surface area contributed by atoms with E-state index in [2.05, 4.69) is 10.2 Å². The van der Waals surface area contributed by atoms with Gasteiger partial charge in [-0.05, 0) is 25.0 Å². The van der Waals surface area contributed by atoms with E-state index in [0.717, 1.165) is 25.2 Å². The van der Waals surface area contributed by atoms with Crippen molar-refractivity contribution in [3.05, 3.63) is 46.5 Å². The number of aryl methyl sites for hydroxylation is 1. The number of hydrogen-bond acceptors (Lipinski definition) is 4. The Kier molecular flexibility index (Phi) is 3.92. The van der Waals surface area contributed by atoms with Crippen LogP contribution in [-0.2, 0) is 22.5 Å². The standard InChI is InChI=1S/C15H16ClN3O2/c1-2-21-15(20)13(10-6-3-4-7-11(10)16)14-18-17-12-8-5-9-19(12)14/h3-4,6-7,13H,2,5,8-9H2,1H3. The summed E-state index contributed by atoms with van der Waals surface area (Å²) >= 11 is 6.27. The summed E-state index contributed by atoms with van der Waals surface area (Å²) in [4.78, 5) is 12.4. The molecule has 1 aliphatic rings. The van der Waals surface area contributed by atoms with Crippen LogP contribution in [0.1, 0.15) is 36.5 Å². The van der Waals surface area contributed by atoms with E-state index < -0.39 is 5.92 Å². The fourth-order valence-electron chi connectivity index (χ4n) is 2.69. The van der Waals surface area contributed by atoms with Crippen LogP contribution in [0, 0.1) is 0 Å². The first-order chi connectivity index (χ1) is 10.2. The molecule has 6 heteroatoms. The molecule has 0 aliphatic carbocycles. The normalized spacial score (nSPS) is 14.8. The van der Waals surface area contributed by atoms with Gasteiger partial charge in [-0.1, -0.05) is 29.8 Å². The first-order valence-corrected chi connectivity index (χ1v) is 7.43. The summed E-state index contributed by atoms with van der Waals surface area (Å²) in [5.74, 6) is 0.575. The van der Waals surface area contributed by atoms with E-state index >= 15 is 0 Å². The molecule has 0 saturated carbocycles. The second-order valence-electron chi connectivity index (χ2n) is 4.94. The number of hydrogen-bond donors (Lipinski definition) is 0. The second-order valence-corrected chi connectivity index (χ2v) is 5.34. The summed E-state index contributed by atoms with van der Waals surface area (Å²) in [5, 5.41) is 8.92. The molecule has 2 aromatic rings. The van der Waals surface area contributed by atoms with Gasteiger partial charge in [-0.15, -0.1) is 10.2 Å². The van der Waals surface area contributed by atoms with Gasteiger partial charge in [-0.25, -0.2) is 0 Å². The highest BCUT2D eigenvalue weighted by Crippen LogP contribution is 2.32. The molecule has 0 N–H and O–H groups in total. The number of esters is 1. The molecule has 0 bridgehead atoms. The van der Waals surface area contributed by atoms with Gasteiger partial charge >= 0.3 is 5.97 Å². The van der Waals surface area contributed by atoms with E-state index in [9.17, 15) is 4.79 Å². The minimum Gasteiger partial charge on any atom is -0.465 e. The Morgan fingerprint density at radius 2 is 2.24 bits per heavy atom. The molecule has 1 aromatic heterocycles. The first-order valence-electron chi connectivity index (χ1n) is 7.05. The van der Waals surface area contributed by atoms with E-state index in [1.54, 1.807) is 13.0 Å². The molecule has 0 saturated heterocycles. The van der Waals surface area contributed by atoms with Gasteiger partial charge in [0.2, 0.25) is 0 Å². The summed E-state index contributed by atoms with van der Waals surface area (Å²) < 4.78 is 7.22. The van der Waals surface area contributed by atoms with Crippen molar-refractivity contribution >= 4 is 17.6 Å². The van der Waals surface area contributed by atoms with Gasteiger partial charge < -0.3 is 9.30 Å². The average Bonchev–Trinajstić information content (AvgIpc) is 3.06. The predicted octanol–water partition coefficient (Wildman–Crippen LogP) is 2.57. The quantitative estimate of drug-likeness (QED) is 0.815. The molecule has 5 nitrogen and oxygen atoms in total. The van der Waals surface area contributed by atoms with E-state index in [1.807, 2.05) is 22.8 Å². The van der Waals surface area contributed by atoms with Crippen LogP contribution in [0.2, 0.25) is 5.02 Å². The van der Waals surface area contributed by atoms with Gasteiger partial charge in [-0.3, -0.25) is 4.79 Å². The van der Waals surface area contributed by atoms with Crippen LogP contribution in [-0.4, -0.2) is 27.3 Å². The molecule has 0 radical (unpaired) electrons. The van der Waals surface area contributed by atoms with Gasteiger partial charge in [0.25, 0.3) is 0 Å². The lowest BCUT2D eigenvalue weighted by molar-refractivity contribution is -0.144. The summed E-state index contributed by atoms with van der Waals surface area (Å²) in [7, 11) is 0. The Bertz CT molecular complexity index is 669. The highest BCUT2D eigenvalue weighted by atomic mass is 35.5. The van der Waals surface area contributed by atoms with Crippen LogP contribution in [0.15, 0.2) is 24.3 Å². The van der Waals surface area contributed by atoms with Crippen molar-refractivity contribution in [3.63, 3.8) is 0 Å². The number of benzene rings is 1. The Morgan fingerprint density at radius 1 is 1.43 bits per heavy atom. The topological polar surface area (TPSA) is 57.0 Å². The molecule has 3 rings (SSSR count). The summed E-state index contributed by atoms with van der Waals surface area (Å²) in [5.41, 5.74) is 0.708. The molecule has 1 atom stereocenters. The van der Waals surface area contributed by atoms with Crippen molar-refractivity contribution < 1.29 is 9.53 Å². The zero-order valence-electron chi connectivity index (χ0n) is 11.8. The molecule has 0 fully saturated rings. The van der Waals surface area contributed by atoms with E-state index in [4.69, 9.17) is 16.3 Å². The van der Waals surface area contributed by atoms with Crippen LogP contribution in [0.25, 0.3) is 0 Å². The molecule has 0 spiro atoms. The predicted molar refractivity (Wildman–Crippen MR) is 78.3 cm³/mol. The number of rotatable bonds is 4. The van der Waals surface area contributed by atoms with E-state index in [-0.39, 0.29) is 5.97 Å².